The average molecular weight is 288 g/mol. The molecule has 0 aliphatic carbocycles. The van der Waals surface area contributed by atoms with Crippen molar-refractivity contribution in [3.63, 3.8) is 0 Å². The molecule has 1 heterocycles. The second-order valence-corrected chi connectivity index (χ2v) is 6.30. The van der Waals surface area contributed by atoms with Gasteiger partial charge in [-0.1, -0.05) is 12.1 Å². The molecule has 0 aromatic heterocycles. The molecular formula is C17H24N2O2. The van der Waals surface area contributed by atoms with Crippen LogP contribution in [0.2, 0.25) is 0 Å². The Kier molecular flexibility index (Phi) is 4.66. The summed E-state index contributed by atoms with van der Waals surface area (Å²) in [5, 5.41) is 2.86. The van der Waals surface area contributed by atoms with E-state index >= 15 is 0 Å². The quantitative estimate of drug-likeness (QED) is 0.869. The van der Waals surface area contributed by atoms with Crippen molar-refractivity contribution >= 4 is 17.5 Å². The van der Waals surface area contributed by atoms with Crippen molar-refractivity contribution in [2.45, 2.75) is 40.0 Å². The molecule has 0 spiro atoms. The Morgan fingerprint density at radius 2 is 1.81 bits per heavy atom. The van der Waals surface area contributed by atoms with E-state index in [1.807, 2.05) is 36.1 Å². The molecule has 0 unspecified atom stereocenters. The largest absolute Gasteiger partial charge is 0.342 e. The number of hydrogen-bond acceptors (Lipinski definition) is 2. The topological polar surface area (TPSA) is 49.4 Å². The minimum atomic E-state index is -1.04. The van der Waals surface area contributed by atoms with Crippen LogP contribution in [0.4, 0.5) is 5.69 Å². The summed E-state index contributed by atoms with van der Waals surface area (Å²) in [6.45, 7) is 6.91. The van der Waals surface area contributed by atoms with Crippen molar-refractivity contribution in [2.75, 3.05) is 18.4 Å². The summed E-state index contributed by atoms with van der Waals surface area (Å²) in [4.78, 5) is 26.9. The van der Waals surface area contributed by atoms with Crippen LogP contribution in [-0.2, 0) is 9.59 Å². The van der Waals surface area contributed by atoms with Gasteiger partial charge in [0.05, 0.1) is 0 Å². The molecule has 1 aliphatic heterocycles. The number of piperidine rings is 1. The molecule has 1 aliphatic rings. The highest BCUT2D eigenvalue weighted by Crippen LogP contribution is 2.24. The summed E-state index contributed by atoms with van der Waals surface area (Å²) in [5.41, 5.74) is 0.772. The molecular weight excluding hydrogens is 264 g/mol. The van der Waals surface area contributed by atoms with Crippen molar-refractivity contribution in [3.8, 4) is 0 Å². The molecule has 0 radical (unpaired) electrons. The van der Waals surface area contributed by atoms with Gasteiger partial charge in [-0.25, -0.2) is 0 Å². The lowest BCUT2D eigenvalue weighted by molar-refractivity contribution is -0.147. The maximum atomic E-state index is 12.6. The van der Waals surface area contributed by atoms with Crippen molar-refractivity contribution in [1.82, 2.24) is 4.90 Å². The first-order valence-electron chi connectivity index (χ1n) is 7.59. The fourth-order valence-corrected chi connectivity index (χ4v) is 2.60. The monoisotopic (exact) mass is 288 g/mol. The van der Waals surface area contributed by atoms with Gasteiger partial charge in [-0.2, -0.15) is 0 Å². The van der Waals surface area contributed by atoms with Gasteiger partial charge in [0, 0.05) is 18.8 Å². The van der Waals surface area contributed by atoms with Gasteiger partial charge in [0.2, 0.25) is 11.8 Å². The Balaban J connectivity index is 2.06. The first-order valence-corrected chi connectivity index (χ1v) is 7.59. The molecule has 0 bridgehead atoms. The summed E-state index contributed by atoms with van der Waals surface area (Å²) in [6, 6.07) is 7.61. The number of aryl methyl sites for hydroxylation is 1. The van der Waals surface area contributed by atoms with E-state index < -0.39 is 5.41 Å². The third kappa shape index (κ3) is 3.63. The van der Waals surface area contributed by atoms with Crippen LogP contribution < -0.4 is 5.32 Å². The number of rotatable bonds is 3. The van der Waals surface area contributed by atoms with E-state index in [1.165, 1.54) is 6.42 Å². The van der Waals surface area contributed by atoms with E-state index in [0.717, 1.165) is 37.2 Å². The molecule has 114 valence electrons. The van der Waals surface area contributed by atoms with E-state index in [-0.39, 0.29) is 11.8 Å². The van der Waals surface area contributed by atoms with Gasteiger partial charge in [0.15, 0.2) is 0 Å². The molecule has 1 N–H and O–H groups in total. The van der Waals surface area contributed by atoms with E-state index in [2.05, 4.69) is 5.32 Å². The van der Waals surface area contributed by atoms with Crippen LogP contribution in [0.3, 0.4) is 0 Å². The number of likely N-dealkylation sites (tertiary alicyclic amines) is 1. The van der Waals surface area contributed by atoms with Gasteiger partial charge in [-0.05, 0) is 57.7 Å². The third-order valence-corrected chi connectivity index (χ3v) is 4.02. The van der Waals surface area contributed by atoms with Crippen LogP contribution >= 0.6 is 0 Å². The van der Waals surface area contributed by atoms with Crippen molar-refractivity contribution < 1.29 is 9.59 Å². The Morgan fingerprint density at radius 3 is 2.43 bits per heavy atom. The second-order valence-electron chi connectivity index (χ2n) is 6.30. The molecule has 2 rings (SSSR count). The summed E-state index contributed by atoms with van der Waals surface area (Å²) in [5.74, 6) is -0.323. The molecule has 1 saturated heterocycles. The Labute approximate surface area is 126 Å². The number of hydrogen-bond donors (Lipinski definition) is 1. The van der Waals surface area contributed by atoms with Gasteiger partial charge in [0.25, 0.3) is 0 Å². The van der Waals surface area contributed by atoms with Gasteiger partial charge in [-0.15, -0.1) is 0 Å². The number of carbonyl (C=O) groups excluding carboxylic acids is 2. The van der Waals surface area contributed by atoms with Crippen LogP contribution in [0, 0.1) is 12.3 Å². The fourth-order valence-electron chi connectivity index (χ4n) is 2.60. The number of nitrogens with one attached hydrogen (secondary N) is 1. The van der Waals surface area contributed by atoms with Crippen molar-refractivity contribution in [2.24, 2.45) is 5.41 Å². The van der Waals surface area contributed by atoms with Crippen molar-refractivity contribution in [1.29, 1.82) is 0 Å². The lowest BCUT2D eigenvalue weighted by Crippen LogP contribution is -2.48. The van der Waals surface area contributed by atoms with E-state index in [1.54, 1.807) is 13.8 Å². The van der Waals surface area contributed by atoms with Gasteiger partial charge in [0.1, 0.15) is 5.41 Å². The number of benzene rings is 1. The molecule has 1 fully saturated rings. The average Bonchev–Trinajstić information content (AvgIpc) is 2.47. The first-order chi connectivity index (χ1) is 9.91. The van der Waals surface area contributed by atoms with Crippen LogP contribution in [-0.4, -0.2) is 29.8 Å². The van der Waals surface area contributed by atoms with Gasteiger partial charge >= 0.3 is 0 Å². The maximum absolute atomic E-state index is 12.6. The molecule has 0 saturated carbocycles. The normalized spacial score (nSPS) is 15.7. The summed E-state index contributed by atoms with van der Waals surface area (Å²) < 4.78 is 0. The predicted molar refractivity (Wildman–Crippen MR) is 84.0 cm³/mol. The van der Waals surface area contributed by atoms with E-state index in [0.29, 0.717) is 0 Å². The number of nitrogens with zero attached hydrogens (tertiary/aromatic N) is 1. The molecule has 4 nitrogen and oxygen atoms in total. The molecule has 21 heavy (non-hydrogen) atoms. The van der Waals surface area contributed by atoms with E-state index in [9.17, 15) is 9.59 Å². The number of carbonyl (C=O) groups is 2. The van der Waals surface area contributed by atoms with Crippen LogP contribution in [0.1, 0.15) is 38.7 Å². The minimum absolute atomic E-state index is 0.0765. The standard InChI is InChI=1S/C17H24N2O2/c1-13-8-7-9-14(12-13)18-15(20)17(2,3)16(21)19-10-5-4-6-11-19/h7-9,12H,4-6,10-11H2,1-3H3,(H,18,20). The zero-order chi connectivity index (χ0) is 15.5. The maximum Gasteiger partial charge on any atom is 0.239 e. The number of anilines is 1. The zero-order valence-electron chi connectivity index (χ0n) is 13.1. The molecule has 0 atom stereocenters. The molecule has 1 aromatic carbocycles. The predicted octanol–water partition coefficient (Wildman–Crippen LogP) is 2.97. The Hall–Kier alpha value is -1.84. The third-order valence-electron chi connectivity index (χ3n) is 4.02. The fraction of sp³-hybridized carbons (Fsp3) is 0.529. The highest BCUT2D eigenvalue weighted by molar-refractivity contribution is 6.09. The lowest BCUT2D eigenvalue weighted by Gasteiger charge is -2.33. The molecule has 4 heteroatoms. The first kappa shape index (κ1) is 15.5. The van der Waals surface area contributed by atoms with Gasteiger partial charge < -0.3 is 10.2 Å². The Bertz CT molecular complexity index is 531. The molecule has 2 amide bonds. The van der Waals surface area contributed by atoms with Crippen LogP contribution in [0.15, 0.2) is 24.3 Å². The molecule has 1 aromatic rings. The number of amides is 2. The SMILES string of the molecule is Cc1cccc(NC(=O)C(C)(C)C(=O)N2CCCCC2)c1. The summed E-state index contributed by atoms with van der Waals surface area (Å²) in [7, 11) is 0. The minimum Gasteiger partial charge on any atom is -0.342 e. The van der Waals surface area contributed by atoms with Crippen LogP contribution in [0.25, 0.3) is 0 Å². The summed E-state index contributed by atoms with van der Waals surface area (Å²) in [6.07, 6.45) is 3.22. The Morgan fingerprint density at radius 1 is 1.14 bits per heavy atom. The van der Waals surface area contributed by atoms with E-state index in [4.69, 9.17) is 0 Å². The lowest BCUT2D eigenvalue weighted by atomic mass is 9.89. The second kappa shape index (κ2) is 6.29. The highest BCUT2D eigenvalue weighted by atomic mass is 16.2. The smallest absolute Gasteiger partial charge is 0.239 e. The van der Waals surface area contributed by atoms with Crippen molar-refractivity contribution in [3.05, 3.63) is 29.8 Å². The van der Waals surface area contributed by atoms with Crippen LogP contribution in [0.5, 0.6) is 0 Å². The summed E-state index contributed by atoms with van der Waals surface area (Å²) >= 11 is 0. The highest BCUT2D eigenvalue weighted by Gasteiger charge is 2.39. The zero-order valence-corrected chi connectivity index (χ0v) is 13.1. The van der Waals surface area contributed by atoms with Gasteiger partial charge in [-0.3, -0.25) is 9.59 Å².